The fourth-order valence-electron chi connectivity index (χ4n) is 2.31. The van der Waals surface area contributed by atoms with Crippen LogP contribution in [-0.2, 0) is 11.2 Å². The Morgan fingerprint density at radius 3 is 2.56 bits per heavy atom. The Labute approximate surface area is 144 Å². The molecule has 0 spiro atoms. The summed E-state index contributed by atoms with van der Waals surface area (Å²) in [5.41, 5.74) is 2.31. The Bertz CT molecular complexity index is 873. The molecule has 2 aromatic carbocycles. The molecule has 0 radical (unpaired) electrons. The lowest BCUT2D eigenvalue weighted by Crippen LogP contribution is -2.15. The van der Waals surface area contributed by atoms with Crippen LogP contribution in [0.5, 0.6) is 0 Å². The van der Waals surface area contributed by atoms with Crippen LogP contribution in [0.15, 0.2) is 48.5 Å². The number of hydrogen-bond acceptors (Lipinski definition) is 4. The maximum absolute atomic E-state index is 13.3. The van der Waals surface area contributed by atoms with Crippen LogP contribution in [0.2, 0.25) is 0 Å². The van der Waals surface area contributed by atoms with Gasteiger partial charge >= 0.3 is 0 Å². The number of tetrazole rings is 1. The van der Waals surface area contributed by atoms with Gasteiger partial charge in [-0.15, -0.1) is 10.2 Å². The van der Waals surface area contributed by atoms with E-state index in [4.69, 9.17) is 0 Å². The maximum Gasteiger partial charge on any atom is 0.232 e. The third-order valence-corrected chi connectivity index (χ3v) is 3.58. The normalized spacial score (nSPS) is 10.9. The molecular formula is C18H18FN5O. The van der Waals surface area contributed by atoms with Crippen LogP contribution in [-0.4, -0.2) is 26.1 Å². The van der Waals surface area contributed by atoms with Crippen molar-refractivity contribution >= 4 is 11.6 Å². The fraction of sp³-hybridized carbons (Fsp3) is 0.222. The number of halogens is 1. The van der Waals surface area contributed by atoms with Crippen molar-refractivity contribution in [1.29, 1.82) is 0 Å². The number of rotatable bonds is 5. The van der Waals surface area contributed by atoms with Crippen molar-refractivity contribution in [2.45, 2.75) is 26.3 Å². The van der Waals surface area contributed by atoms with Crippen molar-refractivity contribution in [3.05, 3.63) is 60.2 Å². The summed E-state index contributed by atoms with van der Waals surface area (Å²) in [7, 11) is 0. The van der Waals surface area contributed by atoms with E-state index in [2.05, 4.69) is 20.7 Å². The van der Waals surface area contributed by atoms with Crippen LogP contribution < -0.4 is 5.32 Å². The lowest BCUT2D eigenvalue weighted by molar-refractivity contribution is -0.115. The molecule has 0 aliphatic heterocycles. The molecule has 3 rings (SSSR count). The average Bonchev–Trinajstić information content (AvgIpc) is 3.04. The van der Waals surface area contributed by atoms with Gasteiger partial charge < -0.3 is 5.32 Å². The summed E-state index contributed by atoms with van der Waals surface area (Å²) < 4.78 is 13.3. The highest BCUT2D eigenvalue weighted by Crippen LogP contribution is 2.22. The van der Waals surface area contributed by atoms with Gasteiger partial charge in [0.15, 0.2) is 5.82 Å². The molecule has 3 aromatic rings. The van der Waals surface area contributed by atoms with Gasteiger partial charge in [0.25, 0.3) is 0 Å². The SMILES string of the molecule is CC(C)n1nnc(CC(=O)Nc2ccc(-c3cccc(F)c3)cc2)n1. The number of aromatic nitrogens is 4. The van der Waals surface area contributed by atoms with Gasteiger partial charge in [0, 0.05) is 5.69 Å². The lowest BCUT2D eigenvalue weighted by atomic mass is 10.1. The highest BCUT2D eigenvalue weighted by molar-refractivity contribution is 5.92. The van der Waals surface area contributed by atoms with Gasteiger partial charge in [-0.25, -0.2) is 4.39 Å². The number of anilines is 1. The topological polar surface area (TPSA) is 72.7 Å². The van der Waals surface area contributed by atoms with Crippen LogP contribution in [0.1, 0.15) is 25.7 Å². The molecule has 1 aromatic heterocycles. The van der Waals surface area contributed by atoms with E-state index in [0.29, 0.717) is 11.5 Å². The number of hydrogen-bond donors (Lipinski definition) is 1. The van der Waals surface area contributed by atoms with Gasteiger partial charge in [-0.3, -0.25) is 4.79 Å². The molecule has 7 heteroatoms. The molecule has 0 aliphatic rings. The van der Waals surface area contributed by atoms with E-state index in [1.807, 2.05) is 32.0 Å². The first kappa shape index (κ1) is 16.8. The van der Waals surface area contributed by atoms with Crippen molar-refractivity contribution < 1.29 is 9.18 Å². The number of amides is 1. The Morgan fingerprint density at radius 1 is 1.16 bits per heavy atom. The summed E-state index contributed by atoms with van der Waals surface area (Å²) >= 11 is 0. The van der Waals surface area contributed by atoms with Gasteiger partial charge in [0.05, 0.1) is 12.5 Å². The first-order chi connectivity index (χ1) is 12.0. The summed E-state index contributed by atoms with van der Waals surface area (Å²) in [4.78, 5) is 13.6. The van der Waals surface area contributed by atoms with Gasteiger partial charge in [-0.2, -0.15) is 4.80 Å². The van der Waals surface area contributed by atoms with Gasteiger partial charge in [0.1, 0.15) is 5.82 Å². The molecule has 0 atom stereocenters. The van der Waals surface area contributed by atoms with Crippen molar-refractivity contribution in [2.75, 3.05) is 5.32 Å². The molecule has 1 N–H and O–H groups in total. The molecule has 0 bridgehead atoms. The van der Waals surface area contributed by atoms with E-state index in [1.165, 1.54) is 16.9 Å². The number of carbonyl (C=O) groups excluding carboxylic acids is 1. The van der Waals surface area contributed by atoms with Gasteiger partial charge in [-0.1, -0.05) is 24.3 Å². The zero-order valence-electron chi connectivity index (χ0n) is 14.0. The number of carbonyl (C=O) groups is 1. The Hall–Kier alpha value is -3.09. The molecule has 0 saturated heterocycles. The zero-order valence-corrected chi connectivity index (χ0v) is 14.0. The molecule has 0 saturated carbocycles. The summed E-state index contributed by atoms with van der Waals surface area (Å²) in [5.74, 6) is -0.124. The van der Waals surface area contributed by atoms with E-state index in [1.54, 1.807) is 18.2 Å². The number of nitrogens with zero attached hydrogens (tertiary/aromatic N) is 4. The standard InChI is InChI=1S/C18H18FN5O/c1-12(2)24-22-17(21-23-24)11-18(25)20-16-8-6-13(7-9-16)14-4-3-5-15(19)10-14/h3-10,12H,11H2,1-2H3,(H,20,25). The first-order valence-corrected chi connectivity index (χ1v) is 7.95. The molecule has 25 heavy (non-hydrogen) atoms. The molecular weight excluding hydrogens is 321 g/mol. The summed E-state index contributed by atoms with van der Waals surface area (Å²) in [6, 6.07) is 13.7. The molecule has 0 unspecified atom stereocenters. The predicted octanol–water partition coefficient (Wildman–Crippen LogP) is 3.24. The summed E-state index contributed by atoms with van der Waals surface area (Å²) in [5, 5.41) is 14.7. The van der Waals surface area contributed by atoms with E-state index in [-0.39, 0.29) is 24.2 Å². The molecule has 0 fully saturated rings. The Morgan fingerprint density at radius 2 is 1.92 bits per heavy atom. The van der Waals surface area contributed by atoms with E-state index < -0.39 is 0 Å². The smallest absolute Gasteiger partial charge is 0.232 e. The second-order valence-corrected chi connectivity index (χ2v) is 5.93. The minimum atomic E-state index is -0.281. The molecule has 1 heterocycles. The zero-order chi connectivity index (χ0) is 17.8. The molecule has 128 valence electrons. The second kappa shape index (κ2) is 7.21. The fourth-order valence-corrected chi connectivity index (χ4v) is 2.31. The Balaban J connectivity index is 1.63. The highest BCUT2D eigenvalue weighted by Gasteiger charge is 2.11. The maximum atomic E-state index is 13.3. The predicted molar refractivity (Wildman–Crippen MR) is 92.4 cm³/mol. The van der Waals surface area contributed by atoms with E-state index in [9.17, 15) is 9.18 Å². The first-order valence-electron chi connectivity index (χ1n) is 7.95. The molecule has 6 nitrogen and oxygen atoms in total. The third-order valence-electron chi connectivity index (χ3n) is 3.58. The van der Waals surface area contributed by atoms with Crippen molar-refractivity contribution in [3.63, 3.8) is 0 Å². The van der Waals surface area contributed by atoms with Crippen LogP contribution in [0.25, 0.3) is 11.1 Å². The summed E-state index contributed by atoms with van der Waals surface area (Å²) in [6.45, 7) is 3.87. The van der Waals surface area contributed by atoms with Crippen molar-refractivity contribution in [1.82, 2.24) is 20.2 Å². The largest absolute Gasteiger partial charge is 0.326 e. The minimum absolute atomic E-state index is 0.0539. The second-order valence-electron chi connectivity index (χ2n) is 5.93. The van der Waals surface area contributed by atoms with Crippen LogP contribution in [0.4, 0.5) is 10.1 Å². The molecule has 1 amide bonds. The molecule has 0 aliphatic carbocycles. The highest BCUT2D eigenvalue weighted by atomic mass is 19.1. The third kappa shape index (κ3) is 4.26. The lowest BCUT2D eigenvalue weighted by Gasteiger charge is -2.06. The monoisotopic (exact) mass is 339 g/mol. The Kier molecular flexibility index (Phi) is 4.83. The van der Waals surface area contributed by atoms with Crippen molar-refractivity contribution in [3.8, 4) is 11.1 Å². The van der Waals surface area contributed by atoms with Crippen LogP contribution in [0, 0.1) is 5.82 Å². The number of nitrogens with one attached hydrogen (secondary N) is 1. The average molecular weight is 339 g/mol. The van der Waals surface area contributed by atoms with Crippen molar-refractivity contribution in [2.24, 2.45) is 0 Å². The van der Waals surface area contributed by atoms with Gasteiger partial charge in [0.2, 0.25) is 5.91 Å². The summed E-state index contributed by atoms with van der Waals surface area (Å²) in [6.07, 6.45) is 0.0539. The minimum Gasteiger partial charge on any atom is -0.326 e. The van der Waals surface area contributed by atoms with E-state index >= 15 is 0 Å². The number of benzene rings is 2. The van der Waals surface area contributed by atoms with Crippen LogP contribution in [0.3, 0.4) is 0 Å². The quantitative estimate of drug-likeness (QED) is 0.774. The van der Waals surface area contributed by atoms with E-state index in [0.717, 1.165) is 11.1 Å². The van der Waals surface area contributed by atoms with Gasteiger partial charge in [-0.05, 0) is 54.5 Å². The van der Waals surface area contributed by atoms with Crippen LogP contribution >= 0.6 is 0 Å².